The Kier molecular flexibility index (Phi) is 4.73. The molecule has 0 fully saturated rings. The molecule has 4 heteroatoms. The van der Waals surface area contributed by atoms with Crippen LogP contribution in [0.25, 0.3) is 5.76 Å². The lowest BCUT2D eigenvalue weighted by molar-refractivity contribution is 0.421. The van der Waals surface area contributed by atoms with E-state index in [1.165, 1.54) is 11.1 Å². The van der Waals surface area contributed by atoms with E-state index in [-0.39, 0.29) is 0 Å². The monoisotopic (exact) mass is 332 g/mol. The van der Waals surface area contributed by atoms with Crippen molar-refractivity contribution >= 4 is 22.4 Å². The SMILES string of the molecule is C=C(O[Si](C)(C)C)C1=C(O[Si](C)(C)C)c2ccccc2CC1. The molecule has 0 N–H and O–H groups in total. The molecule has 0 aromatic heterocycles. The Hall–Kier alpha value is -1.27. The number of benzene rings is 1. The molecule has 22 heavy (non-hydrogen) atoms. The van der Waals surface area contributed by atoms with E-state index in [2.05, 4.69) is 70.1 Å². The first kappa shape index (κ1) is 17.1. The van der Waals surface area contributed by atoms with Crippen molar-refractivity contribution in [2.75, 3.05) is 0 Å². The summed E-state index contributed by atoms with van der Waals surface area (Å²) in [7, 11) is -3.36. The van der Waals surface area contributed by atoms with Crippen molar-refractivity contribution in [3.05, 3.63) is 53.3 Å². The second-order valence-corrected chi connectivity index (χ2v) is 16.7. The van der Waals surface area contributed by atoms with Gasteiger partial charge in [-0.25, -0.2) is 0 Å². The zero-order valence-electron chi connectivity index (χ0n) is 14.7. The molecule has 0 saturated carbocycles. The highest BCUT2D eigenvalue weighted by molar-refractivity contribution is 6.70. The molecule has 1 aromatic rings. The smallest absolute Gasteiger partial charge is 0.242 e. The summed E-state index contributed by atoms with van der Waals surface area (Å²) in [5, 5.41) is 0. The van der Waals surface area contributed by atoms with Gasteiger partial charge in [0.15, 0.2) is 0 Å². The lowest BCUT2D eigenvalue weighted by atomic mass is 9.90. The van der Waals surface area contributed by atoms with E-state index in [1.54, 1.807) is 0 Å². The average molecular weight is 333 g/mol. The summed E-state index contributed by atoms with van der Waals surface area (Å²) in [6.45, 7) is 17.4. The van der Waals surface area contributed by atoms with E-state index in [0.29, 0.717) is 0 Å². The van der Waals surface area contributed by atoms with Crippen LogP contribution in [-0.4, -0.2) is 16.6 Å². The lowest BCUT2D eigenvalue weighted by Crippen LogP contribution is -2.28. The quantitative estimate of drug-likeness (QED) is 0.519. The first-order valence-electron chi connectivity index (χ1n) is 7.95. The third-order valence-electron chi connectivity index (χ3n) is 3.35. The van der Waals surface area contributed by atoms with Crippen LogP contribution in [-0.2, 0) is 15.3 Å². The maximum atomic E-state index is 6.45. The Morgan fingerprint density at radius 2 is 1.59 bits per heavy atom. The van der Waals surface area contributed by atoms with Gasteiger partial charge in [0.05, 0.1) is 0 Å². The van der Waals surface area contributed by atoms with Crippen molar-refractivity contribution < 1.29 is 8.85 Å². The van der Waals surface area contributed by atoms with E-state index < -0.39 is 16.6 Å². The van der Waals surface area contributed by atoms with Crippen LogP contribution in [0.15, 0.2) is 42.2 Å². The fourth-order valence-corrected chi connectivity index (χ4v) is 4.32. The van der Waals surface area contributed by atoms with Gasteiger partial charge in [-0.3, -0.25) is 0 Å². The van der Waals surface area contributed by atoms with Gasteiger partial charge in [0.1, 0.15) is 11.5 Å². The van der Waals surface area contributed by atoms with Crippen LogP contribution < -0.4 is 0 Å². The Bertz CT molecular complexity index is 604. The topological polar surface area (TPSA) is 18.5 Å². The molecular formula is C18H28O2Si2. The van der Waals surface area contributed by atoms with Crippen molar-refractivity contribution in [3.63, 3.8) is 0 Å². The molecule has 0 radical (unpaired) electrons. The second kappa shape index (κ2) is 6.09. The maximum absolute atomic E-state index is 6.45. The van der Waals surface area contributed by atoms with E-state index in [9.17, 15) is 0 Å². The third kappa shape index (κ3) is 4.37. The normalized spacial score (nSPS) is 15.4. The number of allylic oxidation sites excluding steroid dienone is 1. The van der Waals surface area contributed by atoms with Crippen LogP contribution in [0.5, 0.6) is 0 Å². The second-order valence-electron chi connectivity index (χ2n) is 7.82. The molecule has 1 aromatic carbocycles. The largest absolute Gasteiger partial charge is 0.544 e. The predicted molar refractivity (Wildman–Crippen MR) is 99.7 cm³/mol. The van der Waals surface area contributed by atoms with Gasteiger partial charge in [-0.2, -0.15) is 0 Å². The number of hydrogen-bond donors (Lipinski definition) is 0. The first-order valence-corrected chi connectivity index (χ1v) is 14.8. The third-order valence-corrected chi connectivity index (χ3v) is 5.03. The summed E-state index contributed by atoms with van der Waals surface area (Å²) in [5.74, 6) is 1.81. The van der Waals surface area contributed by atoms with Gasteiger partial charge in [-0.15, -0.1) is 0 Å². The van der Waals surface area contributed by atoms with E-state index in [4.69, 9.17) is 8.85 Å². The van der Waals surface area contributed by atoms with Crippen molar-refractivity contribution in [1.82, 2.24) is 0 Å². The number of hydrogen-bond acceptors (Lipinski definition) is 2. The van der Waals surface area contributed by atoms with Gasteiger partial charge in [-0.05, 0) is 57.7 Å². The van der Waals surface area contributed by atoms with Crippen molar-refractivity contribution in [3.8, 4) is 0 Å². The van der Waals surface area contributed by atoms with E-state index in [0.717, 1.165) is 29.9 Å². The molecule has 0 aliphatic heterocycles. The number of rotatable bonds is 5. The highest BCUT2D eigenvalue weighted by Crippen LogP contribution is 2.37. The minimum Gasteiger partial charge on any atom is -0.544 e. The minimum absolute atomic E-state index is 0.807. The highest BCUT2D eigenvalue weighted by Gasteiger charge is 2.28. The molecule has 0 amide bonds. The molecule has 1 aliphatic rings. The van der Waals surface area contributed by atoms with Crippen molar-refractivity contribution in [2.24, 2.45) is 0 Å². The van der Waals surface area contributed by atoms with E-state index in [1.807, 2.05) is 0 Å². The molecule has 0 heterocycles. The Balaban J connectivity index is 2.47. The molecule has 0 spiro atoms. The fraction of sp³-hybridized carbons (Fsp3) is 0.444. The number of fused-ring (bicyclic) bond motifs is 1. The molecule has 0 bridgehead atoms. The van der Waals surface area contributed by atoms with Crippen LogP contribution in [0, 0.1) is 0 Å². The van der Waals surface area contributed by atoms with Gasteiger partial charge in [0.2, 0.25) is 16.6 Å². The van der Waals surface area contributed by atoms with E-state index >= 15 is 0 Å². The Morgan fingerprint density at radius 3 is 2.18 bits per heavy atom. The maximum Gasteiger partial charge on any atom is 0.242 e. The zero-order valence-corrected chi connectivity index (χ0v) is 16.7. The van der Waals surface area contributed by atoms with Crippen LogP contribution in [0.2, 0.25) is 39.3 Å². The standard InChI is InChI=1S/C18H28O2Si2/c1-14(19-21(2,3)4)16-13-12-15-10-8-9-11-17(15)18(16)20-22(5,6)7/h8-11H,1,12-13H2,2-7H3. The van der Waals surface area contributed by atoms with Gasteiger partial charge in [0, 0.05) is 11.1 Å². The molecule has 0 saturated heterocycles. The van der Waals surface area contributed by atoms with Crippen molar-refractivity contribution in [1.29, 1.82) is 0 Å². The molecular weight excluding hydrogens is 304 g/mol. The molecule has 120 valence electrons. The van der Waals surface area contributed by atoms with Crippen LogP contribution in [0.1, 0.15) is 17.5 Å². The zero-order chi connectivity index (χ0) is 16.5. The van der Waals surface area contributed by atoms with Gasteiger partial charge < -0.3 is 8.85 Å². The van der Waals surface area contributed by atoms with Crippen LogP contribution >= 0.6 is 0 Å². The average Bonchev–Trinajstić information content (AvgIpc) is 2.35. The summed E-state index contributed by atoms with van der Waals surface area (Å²) < 4.78 is 12.6. The summed E-state index contributed by atoms with van der Waals surface area (Å²) in [6.07, 6.45) is 1.97. The summed E-state index contributed by atoms with van der Waals surface area (Å²) in [4.78, 5) is 0. The van der Waals surface area contributed by atoms with Crippen molar-refractivity contribution in [2.45, 2.75) is 52.1 Å². The van der Waals surface area contributed by atoms with Crippen LogP contribution in [0.4, 0.5) is 0 Å². The molecule has 1 aliphatic carbocycles. The fourth-order valence-electron chi connectivity index (χ4n) is 2.62. The number of aryl methyl sites for hydroxylation is 1. The minimum atomic E-state index is -1.70. The van der Waals surface area contributed by atoms with Gasteiger partial charge in [-0.1, -0.05) is 30.8 Å². The Labute approximate surface area is 137 Å². The summed E-state index contributed by atoms with van der Waals surface area (Å²) in [5.41, 5.74) is 3.73. The molecule has 0 atom stereocenters. The Morgan fingerprint density at radius 1 is 0.955 bits per heavy atom. The molecule has 2 nitrogen and oxygen atoms in total. The lowest BCUT2D eigenvalue weighted by Gasteiger charge is -2.31. The first-order chi connectivity index (χ1) is 10.1. The predicted octanol–water partition coefficient (Wildman–Crippen LogP) is 5.56. The summed E-state index contributed by atoms with van der Waals surface area (Å²) in [6, 6.07) is 8.54. The molecule has 2 rings (SSSR count). The van der Waals surface area contributed by atoms with Gasteiger partial charge >= 0.3 is 0 Å². The molecule has 0 unspecified atom stereocenters. The highest BCUT2D eigenvalue weighted by atomic mass is 28.4. The van der Waals surface area contributed by atoms with Gasteiger partial charge in [0.25, 0.3) is 0 Å². The summed E-state index contributed by atoms with van der Waals surface area (Å²) >= 11 is 0. The van der Waals surface area contributed by atoms with Crippen LogP contribution in [0.3, 0.4) is 0 Å².